The number of thiophene rings is 1. The summed E-state index contributed by atoms with van der Waals surface area (Å²) in [5.41, 5.74) is 2.69. The lowest BCUT2D eigenvalue weighted by atomic mass is 9.99. The van der Waals surface area contributed by atoms with E-state index in [4.69, 9.17) is 4.74 Å². The Bertz CT molecular complexity index is 1190. The third kappa shape index (κ3) is 4.85. The van der Waals surface area contributed by atoms with E-state index >= 15 is 0 Å². The average molecular weight is 466 g/mol. The van der Waals surface area contributed by atoms with E-state index in [1.54, 1.807) is 20.8 Å². The molecule has 7 nitrogen and oxygen atoms in total. The molecule has 33 heavy (non-hydrogen) atoms. The standard InChI is InChI=1S/C25H27N3O4S/c1-17(19-6-4-3-5-7-19)25(31)27-10-8-20-23(24(30)26-15-18-9-13-33-16-18)21(32-2)14-22(29)28(20)12-11-27/h3-7,9,13-14,16-17H,8,10-12,15H2,1-2H3,(H,26,30)/t17-/m0/s1. The predicted molar refractivity (Wildman–Crippen MR) is 128 cm³/mol. The molecule has 0 bridgehead atoms. The Hall–Kier alpha value is -3.39. The van der Waals surface area contributed by atoms with Crippen LogP contribution in [0.15, 0.2) is 58.0 Å². The van der Waals surface area contributed by atoms with Gasteiger partial charge in [-0.25, -0.2) is 0 Å². The van der Waals surface area contributed by atoms with Gasteiger partial charge in [0, 0.05) is 44.4 Å². The number of carbonyl (C=O) groups is 2. The topological polar surface area (TPSA) is 80.6 Å². The highest BCUT2D eigenvalue weighted by Gasteiger charge is 2.28. The van der Waals surface area contributed by atoms with Crippen LogP contribution in [0.4, 0.5) is 0 Å². The van der Waals surface area contributed by atoms with Crippen LogP contribution in [-0.4, -0.2) is 41.5 Å². The Balaban J connectivity index is 1.58. The number of aromatic nitrogens is 1. The lowest BCUT2D eigenvalue weighted by Gasteiger charge is -2.24. The third-order valence-electron chi connectivity index (χ3n) is 6.06. The van der Waals surface area contributed by atoms with E-state index in [0.29, 0.717) is 43.9 Å². The van der Waals surface area contributed by atoms with Crippen LogP contribution in [0.1, 0.15) is 40.0 Å². The minimum absolute atomic E-state index is 0.0116. The molecule has 0 aliphatic carbocycles. The molecule has 4 rings (SSSR count). The predicted octanol–water partition coefficient (Wildman–Crippen LogP) is 3.04. The largest absolute Gasteiger partial charge is 0.496 e. The Labute approximate surface area is 196 Å². The molecule has 0 spiro atoms. The molecular weight excluding hydrogens is 438 g/mol. The quantitative estimate of drug-likeness (QED) is 0.607. The first-order valence-electron chi connectivity index (χ1n) is 10.9. The molecule has 1 aliphatic rings. The van der Waals surface area contributed by atoms with Gasteiger partial charge in [0.05, 0.1) is 13.0 Å². The Morgan fingerprint density at radius 3 is 2.64 bits per heavy atom. The number of benzene rings is 1. The van der Waals surface area contributed by atoms with Gasteiger partial charge in [-0.2, -0.15) is 11.3 Å². The van der Waals surface area contributed by atoms with Gasteiger partial charge in [-0.15, -0.1) is 0 Å². The number of amides is 2. The molecule has 8 heteroatoms. The minimum Gasteiger partial charge on any atom is -0.496 e. The van der Waals surface area contributed by atoms with E-state index in [1.165, 1.54) is 13.2 Å². The summed E-state index contributed by atoms with van der Waals surface area (Å²) in [7, 11) is 1.45. The lowest BCUT2D eigenvalue weighted by Crippen LogP contribution is -2.36. The number of rotatable bonds is 6. The Morgan fingerprint density at radius 2 is 1.94 bits per heavy atom. The second-order valence-electron chi connectivity index (χ2n) is 8.05. The molecule has 0 radical (unpaired) electrons. The van der Waals surface area contributed by atoms with Gasteiger partial charge < -0.3 is 19.5 Å². The summed E-state index contributed by atoms with van der Waals surface area (Å²) in [6.45, 7) is 3.45. The average Bonchev–Trinajstić information content (AvgIpc) is 3.26. The number of pyridine rings is 1. The van der Waals surface area contributed by atoms with E-state index in [-0.39, 0.29) is 29.0 Å². The molecule has 1 N–H and O–H groups in total. The maximum absolute atomic E-state index is 13.2. The van der Waals surface area contributed by atoms with E-state index < -0.39 is 0 Å². The first kappa shape index (κ1) is 22.8. The summed E-state index contributed by atoms with van der Waals surface area (Å²) in [5, 5.41) is 6.87. The van der Waals surface area contributed by atoms with Crippen molar-refractivity contribution in [2.24, 2.45) is 0 Å². The molecule has 0 saturated heterocycles. The van der Waals surface area contributed by atoms with Gasteiger partial charge in [-0.1, -0.05) is 30.3 Å². The van der Waals surface area contributed by atoms with Crippen LogP contribution in [-0.2, 0) is 24.3 Å². The first-order chi connectivity index (χ1) is 16.0. The summed E-state index contributed by atoms with van der Waals surface area (Å²) in [6, 6.07) is 13.0. The molecule has 2 amide bonds. The van der Waals surface area contributed by atoms with Gasteiger partial charge in [-0.05, 0) is 34.9 Å². The number of nitrogens with zero attached hydrogens (tertiary/aromatic N) is 2. The van der Waals surface area contributed by atoms with Gasteiger partial charge in [0.1, 0.15) is 11.3 Å². The number of methoxy groups -OCH3 is 1. The van der Waals surface area contributed by atoms with Crippen LogP contribution < -0.4 is 15.6 Å². The van der Waals surface area contributed by atoms with Crippen molar-refractivity contribution in [1.29, 1.82) is 0 Å². The van der Waals surface area contributed by atoms with E-state index in [2.05, 4.69) is 5.32 Å². The number of ether oxygens (including phenoxy) is 1. The molecule has 1 aliphatic heterocycles. The number of hydrogen-bond donors (Lipinski definition) is 1. The first-order valence-corrected chi connectivity index (χ1v) is 11.9. The van der Waals surface area contributed by atoms with Crippen molar-refractivity contribution in [3.05, 3.63) is 86.0 Å². The van der Waals surface area contributed by atoms with Gasteiger partial charge in [0.2, 0.25) is 5.91 Å². The van der Waals surface area contributed by atoms with Crippen molar-refractivity contribution >= 4 is 23.2 Å². The van der Waals surface area contributed by atoms with Crippen molar-refractivity contribution in [1.82, 2.24) is 14.8 Å². The number of carbonyl (C=O) groups excluding carboxylic acids is 2. The van der Waals surface area contributed by atoms with Gasteiger partial charge in [-0.3, -0.25) is 14.4 Å². The monoisotopic (exact) mass is 465 g/mol. The zero-order valence-electron chi connectivity index (χ0n) is 18.7. The van der Waals surface area contributed by atoms with Crippen LogP contribution in [0.2, 0.25) is 0 Å². The maximum Gasteiger partial charge on any atom is 0.257 e. The van der Waals surface area contributed by atoms with Crippen molar-refractivity contribution in [3.63, 3.8) is 0 Å². The lowest BCUT2D eigenvalue weighted by molar-refractivity contribution is -0.132. The molecule has 3 heterocycles. The second kappa shape index (κ2) is 10.0. The molecular formula is C25H27N3O4S. The SMILES string of the molecule is COc1cc(=O)n2c(c1C(=O)NCc1ccsc1)CCN(C(=O)[C@@H](C)c1ccccc1)CC2. The number of hydrogen-bond acceptors (Lipinski definition) is 5. The normalized spacial score (nSPS) is 14.2. The third-order valence-corrected chi connectivity index (χ3v) is 6.79. The van der Waals surface area contributed by atoms with Crippen LogP contribution in [0.5, 0.6) is 5.75 Å². The summed E-state index contributed by atoms with van der Waals surface area (Å²) >= 11 is 1.57. The van der Waals surface area contributed by atoms with E-state index in [0.717, 1.165) is 11.1 Å². The minimum atomic E-state index is -0.292. The molecule has 2 aromatic heterocycles. The highest BCUT2D eigenvalue weighted by atomic mass is 32.1. The second-order valence-corrected chi connectivity index (χ2v) is 8.83. The van der Waals surface area contributed by atoms with Crippen LogP contribution in [0.3, 0.4) is 0 Å². The van der Waals surface area contributed by atoms with Crippen molar-refractivity contribution in [3.8, 4) is 5.75 Å². The molecule has 0 unspecified atom stereocenters. The van der Waals surface area contributed by atoms with E-state index in [1.807, 2.05) is 54.1 Å². The van der Waals surface area contributed by atoms with Crippen molar-refractivity contribution < 1.29 is 14.3 Å². The fourth-order valence-electron chi connectivity index (χ4n) is 4.20. The van der Waals surface area contributed by atoms with Crippen molar-refractivity contribution in [2.45, 2.75) is 32.4 Å². The summed E-state index contributed by atoms with van der Waals surface area (Å²) in [4.78, 5) is 40.9. The Kier molecular flexibility index (Phi) is 6.93. The van der Waals surface area contributed by atoms with Crippen LogP contribution >= 0.6 is 11.3 Å². The van der Waals surface area contributed by atoms with Gasteiger partial charge in [0.15, 0.2) is 0 Å². The zero-order valence-corrected chi connectivity index (χ0v) is 19.6. The molecule has 0 fully saturated rings. The zero-order chi connectivity index (χ0) is 23.4. The van der Waals surface area contributed by atoms with Crippen molar-refractivity contribution in [2.75, 3.05) is 20.2 Å². The summed E-state index contributed by atoms with van der Waals surface area (Å²) < 4.78 is 7.01. The highest BCUT2D eigenvalue weighted by molar-refractivity contribution is 7.07. The highest BCUT2D eigenvalue weighted by Crippen LogP contribution is 2.24. The van der Waals surface area contributed by atoms with Gasteiger partial charge in [0.25, 0.3) is 11.5 Å². The van der Waals surface area contributed by atoms with E-state index in [9.17, 15) is 14.4 Å². The van der Waals surface area contributed by atoms with Crippen LogP contribution in [0, 0.1) is 0 Å². The summed E-state index contributed by atoms with van der Waals surface area (Å²) in [5.74, 6) is -0.310. The Morgan fingerprint density at radius 1 is 1.15 bits per heavy atom. The van der Waals surface area contributed by atoms with Crippen LogP contribution in [0.25, 0.3) is 0 Å². The molecule has 0 saturated carbocycles. The number of fused-ring (bicyclic) bond motifs is 1. The molecule has 172 valence electrons. The fraction of sp³-hybridized carbons (Fsp3) is 0.320. The molecule has 1 aromatic carbocycles. The fourth-order valence-corrected chi connectivity index (χ4v) is 4.87. The van der Waals surface area contributed by atoms with Gasteiger partial charge >= 0.3 is 0 Å². The molecule has 3 aromatic rings. The molecule has 1 atom stereocenters. The maximum atomic E-state index is 13.2. The summed E-state index contributed by atoms with van der Waals surface area (Å²) in [6.07, 6.45) is 0.390. The smallest absolute Gasteiger partial charge is 0.257 e. The number of nitrogens with one attached hydrogen (secondary N) is 1.